The molecule has 5 aromatic rings. The van der Waals surface area contributed by atoms with Crippen LogP contribution in [0.3, 0.4) is 0 Å². The number of rotatable bonds is 4. The molecule has 0 aliphatic carbocycles. The molecule has 0 atom stereocenters. The average Bonchev–Trinajstić information content (AvgIpc) is 3.50. The van der Waals surface area contributed by atoms with Crippen molar-refractivity contribution in [3.05, 3.63) is 71.4 Å². The van der Waals surface area contributed by atoms with Crippen molar-refractivity contribution in [1.82, 2.24) is 29.8 Å². The van der Waals surface area contributed by atoms with Gasteiger partial charge in [-0.15, -0.1) is 16.4 Å². The summed E-state index contributed by atoms with van der Waals surface area (Å²) in [5, 5.41) is 18.2. The summed E-state index contributed by atoms with van der Waals surface area (Å²) in [6.07, 6.45) is 1.68. The van der Waals surface area contributed by atoms with Crippen LogP contribution in [0.1, 0.15) is 16.1 Å². The molecule has 9 heteroatoms. The van der Waals surface area contributed by atoms with Crippen molar-refractivity contribution in [2.45, 2.75) is 6.92 Å². The van der Waals surface area contributed by atoms with Crippen LogP contribution >= 0.6 is 11.3 Å². The summed E-state index contributed by atoms with van der Waals surface area (Å²) in [5.74, 6) is 0.0875. The van der Waals surface area contributed by atoms with Crippen LogP contribution in [-0.4, -0.2) is 35.7 Å². The van der Waals surface area contributed by atoms with Gasteiger partial charge in [0.25, 0.3) is 5.91 Å². The minimum absolute atomic E-state index is 0.281. The highest BCUT2D eigenvalue weighted by molar-refractivity contribution is 7.13. The lowest BCUT2D eigenvalue weighted by atomic mass is 10.1. The molecule has 1 amide bonds. The van der Waals surface area contributed by atoms with Crippen molar-refractivity contribution in [2.24, 2.45) is 7.05 Å². The Bertz CT molecular complexity index is 1350. The smallest absolute Gasteiger partial charge is 0.257 e. The zero-order valence-corrected chi connectivity index (χ0v) is 17.1. The second kappa shape index (κ2) is 7.20. The second-order valence-electron chi connectivity index (χ2n) is 6.78. The number of pyridine rings is 1. The van der Waals surface area contributed by atoms with E-state index in [0.717, 1.165) is 27.3 Å². The number of hydrogen-bond donors (Lipinski definition) is 1. The molecular formula is C21H17N7OS. The van der Waals surface area contributed by atoms with Crippen molar-refractivity contribution < 1.29 is 4.79 Å². The number of thiophene rings is 1. The summed E-state index contributed by atoms with van der Waals surface area (Å²) < 4.78 is 3.31. The Balaban J connectivity index is 1.54. The van der Waals surface area contributed by atoms with E-state index in [1.807, 2.05) is 61.8 Å². The number of carbonyl (C=O) groups excluding carboxylic acids is 1. The van der Waals surface area contributed by atoms with E-state index < -0.39 is 0 Å². The van der Waals surface area contributed by atoms with Crippen molar-refractivity contribution in [3.8, 4) is 16.3 Å². The zero-order valence-electron chi connectivity index (χ0n) is 16.3. The molecule has 5 rings (SSSR count). The van der Waals surface area contributed by atoms with Crippen LogP contribution in [0, 0.1) is 6.92 Å². The summed E-state index contributed by atoms with van der Waals surface area (Å²) in [4.78, 5) is 18.9. The Labute approximate surface area is 175 Å². The fourth-order valence-corrected chi connectivity index (χ4v) is 4.07. The highest BCUT2D eigenvalue weighted by Crippen LogP contribution is 2.29. The lowest BCUT2D eigenvalue weighted by molar-refractivity contribution is 0.102. The summed E-state index contributed by atoms with van der Waals surface area (Å²) in [5.41, 5.74) is 3.51. The fourth-order valence-electron chi connectivity index (χ4n) is 3.39. The first-order valence-corrected chi connectivity index (χ1v) is 10.2. The SMILES string of the molecule is Cc1nn(C)c2nc(-c3cccs3)cc(C(=O)Nc3cn(-c4ccccc4)nn3)c12. The lowest BCUT2D eigenvalue weighted by Gasteiger charge is -2.07. The fraction of sp³-hybridized carbons (Fsp3) is 0.0952. The predicted molar refractivity (Wildman–Crippen MR) is 116 cm³/mol. The highest BCUT2D eigenvalue weighted by Gasteiger charge is 2.20. The van der Waals surface area contributed by atoms with E-state index in [0.29, 0.717) is 17.0 Å². The Morgan fingerprint density at radius 3 is 2.73 bits per heavy atom. The molecule has 0 saturated heterocycles. The first kappa shape index (κ1) is 18.2. The first-order valence-electron chi connectivity index (χ1n) is 9.27. The van der Waals surface area contributed by atoms with Crippen molar-refractivity contribution >= 4 is 34.1 Å². The number of hydrogen-bond acceptors (Lipinski definition) is 6. The van der Waals surface area contributed by atoms with E-state index in [4.69, 9.17) is 4.98 Å². The number of amides is 1. The minimum Gasteiger partial charge on any atom is -0.304 e. The monoisotopic (exact) mass is 415 g/mol. The van der Waals surface area contributed by atoms with E-state index in [1.54, 1.807) is 33.0 Å². The van der Waals surface area contributed by atoms with Gasteiger partial charge in [-0.2, -0.15) is 5.10 Å². The van der Waals surface area contributed by atoms with E-state index in [2.05, 4.69) is 20.7 Å². The third-order valence-corrected chi connectivity index (χ3v) is 5.64. The summed E-state index contributed by atoms with van der Waals surface area (Å²) >= 11 is 1.57. The van der Waals surface area contributed by atoms with Crippen molar-refractivity contribution in [3.63, 3.8) is 0 Å². The summed E-state index contributed by atoms with van der Waals surface area (Å²) in [7, 11) is 1.83. The molecule has 8 nitrogen and oxygen atoms in total. The molecule has 4 aromatic heterocycles. The number of aryl methyl sites for hydroxylation is 2. The van der Waals surface area contributed by atoms with E-state index >= 15 is 0 Å². The van der Waals surface area contributed by atoms with Gasteiger partial charge in [0.2, 0.25) is 0 Å². The maximum Gasteiger partial charge on any atom is 0.257 e. The molecule has 30 heavy (non-hydrogen) atoms. The van der Waals surface area contributed by atoms with Gasteiger partial charge in [0.05, 0.1) is 39.1 Å². The molecule has 1 aromatic carbocycles. The third-order valence-electron chi connectivity index (χ3n) is 4.74. The molecule has 1 N–H and O–H groups in total. The molecule has 4 heterocycles. The number of fused-ring (bicyclic) bond motifs is 1. The van der Waals surface area contributed by atoms with Gasteiger partial charge in [0.1, 0.15) is 0 Å². The lowest BCUT2D eigenvalue weighted by Crippen LogP contribution is -2.13. The quantitative estimate of drug-likeness (QED) is 0.482. The van der Waals surface area contributed by atoms with Gasteiger partial charge in [0, 0.05) is 7.05 Å². The predicted octanol–water partition coefficient (Wildman–Crippen LogP) is 3.84. The van der Waals surface area contributed by atoms with Crippen LogP contribution in [0.4, 0.5) is 5.82 Å². The van der Waals surface area contributed by atoms with Crippen molar-refractivity contribution in [1.29, 1.82) is 0 Å². The highest BCUT2D eigenvalue weighted by atomic mass is 32.1. The molecule has 0 aliphatic rings. The van der Waals surface area contributed by atoms with Gasteiger partial charge in [-0.3, -0.25) is 9.48 Å². The topological polar surface area (TPSA) is 90.5 Å². The van der Waals surface area contributed by atoms with Crippen LogP contribution in [0.15, 0.2) is 60.1 Å². The number of anilines is 1. The van der Waals surface area contributed by atoms with E-state index in [-0.39, 0.29) is 5.91 Å². The Hall–Kier alpha value is -3.85. The average molecular weight is 415 g/mol. The number of nitrogens with zero attached hydrogens (tertiary/aromatic N) is 6. The third kappa shape index (κ3) is 3.15. The molecule has 0 unspecified atom stereocenters. The van der Waals surface area contributed by atoms with Crippen LogP contribution in [-0.2, 0) is 7.05 Å². The number of benzene rings is 1. The number of nitrogens with one attached hydrogen (secondary N) is 1. The summed E-state index contributed by atoms with van der Waals surface area (Å²) in [6.45, 7) is 1.87. The van der Waals surface area contributed by atoms with Gasteiger partial charge >= 0.3 is 0 Å². The maximum absolute atomic E-state index is 13.2. The minimum atomic E-state index is -0.281. The van der Waals surface area contributed by atoms with Crippen LogP contribution in [0.5, 0.6) is 0 Å². The molecule has 0 radical (unpaired) electrons. The molecule has 0 bridgehead atoms. The largest absolute Gasteiger partial charge is 0.304 e. The first-order chi connectivity index (χ1) is 14.6. The Morgan fingerprint density at radius 2 is 1.97 bits per heavy atom. The van der Waals surface area contributed by atoms with Crippen molar-refractivity contribution in [2.75, 3.05) is 5.32 Å². The maximum atomic E-state index is 13.2. The van der Waals surface area contributed by atoms with Crippen LogP contribution in [0.25, 0.3) is 27.3 Å². The van der Waals surface area contributed by atoms with Crippen LogP contribution < -0.4 is 5.32 Å². The van der Waals surface area contributed by atoms with Gasteiger partial charge in [-0.25, -0.2) is 9.67 Å². The molecule has 0 fully saturated rings. The summed E-state index contributed by atoms with van der Waals surface area (Å²) in [6, 6.07) is 15.3. The molecular weight excluding hydrogens is 398 g/mol. The molecule has 148 valence electrons. The second-order valence-corrected chi connectivity index (χ2v) is 7.73. The molecule has 0 aliphatic heterocycles. The number of aromatic nitrogens is 6. The Kier molecular flexibility index (Phi) is 4.36. The van der Waals surface area contributed by atoms with E-state index in [1.165, 1.54) is 0 Å². The number of carbonyl (C=O) groups is 1. The number of para-hydroxylation sites is 1. The normalized spacial score (nSPS) is 11.1. The standard InChI is InChI=1S/C21H17N7OS/c1-13-19-15(11-16(17-9-6-10-30-17)22-20(19)27(2)25-13)21(29)23-18-12-28(26-24-18)14-7-4-3-5-8-14/h3-12H,1-2H3,(H,23,29). The van der Waals surface area contributed by atoms with Gasteiger partial charge in [-0.05, 0) is 36.6 Å². The molecule has 0 spiro atoms. The van der Waals surface area contributed by atoms with Gasteiger partial charge in [0.15, 0.2) is 11.5 Å². The van der Waals surface area contributed by atoms with Crippen LogP contribution in [0.2, 0.25) is 0 Å². The molecule has 0 saturated carbocycles. The zero-order chi connectivity index (χ0) is 20.7. The van der Waals surface area contributed by atoms with E-state index in [9.17, 15) is 4.79 Å². The van der Waals surface area contributed by atoms with Gasteiger partial charge in [-0.1, -0.05) is 29.5 Å². The Morgan fingerprint density at radius 1 is 1.13 bits per heavy atom. The van der Waals surface area contributed by atoms with Gasteiger partial charge < -0.3 is 5.32 Å².